The van der Waals surface area contributed by atoms with Crippen LogP contribution in [-0.2, 0) is 4.74 Å². The van der Waals surface area contributed by atoms with Crippen LogP contribution in [0.15, 0.2) is 18.2 Å². The SMILES string of the molecule is Cc1ccc(F)c(C(CCC2CCCO2)NN)c1. The summed E-state index contributed by atoms with van der Waals surface area (Å²) >= 11 is 0. The second kappa shape index (κ2) is 6.27. The molecule has 1 aromatic carbocycles. The van der Waals surface area contributed by atoms with Crippen LogP contribution in [0.3, 0.4) is 0 Å². The largest absolute Gasteiger partial charge is 0.378 e. The Balaban J connectivity index is 2.00. The van der Waals surface area contributed by atoms with Gasteiger partial charge in [-0.15, -0.1) is 0 Å². The molecule has 18 heavy (non-hydrogen) atoms. The quantitative estimate of drug-likeness (QED) is 0.625. The van der Waals surface area contributed by atoms with E-state index < -0.39 is 0 Å². The van der Waals surface area contributed by atoms with Gasteiger partial charge in [0, 0.05) is 18.2 Å². The highest BCUT2D eigenvalue weighted by Crippen LogP contribution is 2.25. The van der Waals surface area contributed by atoms with E-state index in [2.05, 4.69) is 5.43 Å². The molecular formula is C14H21FN2O. The summed E-state index contributed by atoms with van der Waals surface area (Å²) in [7, 11) is 0. The van der Waals surface area contributed by atoms with Gasteiger partial charge < -0.3 is 4.74 Å². The Kier molecular flexibility index (Phi) is 4.69. The number of benzene rings is 1. The van der Waals surface area contributed by atoms with Crippen LogP contribution >= 0.6 is 0 Å². The van der Waals surface area contributed by atoms with Crippen molar-refractivity contribution in [3.05, 3.63) is 35.1 Å². The maximum atomic E-state index is 13.8. The Morgan fingerprint density at radius 1 is 1.56 bits per heavy atom. The van der Waals surface area contributed by atoms with Gasteiger partial charge in [0.1, 0.15) is 5.82 Å². The zero-order chi connectivity index (χ0) is 13.0. The Hall–Kier alpha value is -0.970. The van der Waals surface area contributed by atoms with Gasteiger partial charge in [-0.1, -0.05) is 17.7 Å². The first-order valence-electron chi connectivity index (χ1n) is 6.54. The molecule has 2 unspecified atom stereocenters. The van der Waals surface area contributed by atoms with E-state index in [0.29, 0.717) is 11.7 Å². The van der Waals surface area contributed by atoms with E-state index in [1.165, 1.54) is 6.07 Å². The van der Waals surface area contributed by atoms with Crippen LogP contribution in [0.1, 0.15) is 42.9 Å². The fourth-order valence-corrected chi connectivity index (χ4v) is 2.48. The molecule has 1 heterocycles. The molecule has 100 valence electrons. The van der Waals surface area contributed by atoms with Crippen LogP contribution in [0.5, 0.6) is 0 Å². The molecule has 1 saturated heterocycles. The Bertz CT molecular complexity index is 391. The van der Waals surface area contributed by atoms with Crippen molar-refractivity contribution in [3.63, 3.8) is 0 Å². The second-order valence-corrected chi connectivity index (χ2v) is 4.96. The minimum Gasteiger partial charge on any atom is -0.378 e. The number of halogens is 1. The molecule has 4 heteroatoms. The molecule has 0 spiro atoms. The van der Waals surface area contributed by atoms with E-state index in [-0.39, 0.29) is 11.9 Å². The number of hydrogen-bond acceptors (Lipinski definition) is 3. The zero-order valence-electron chi connectivity index (χ0n) is 10.8. The van der Waals surface area contributed by atoms with E-state index in [1.54, 1.807) is 6.07 Å². The lowest BCUT2D eigenvalue weighted by molar-refractivity contribution is 0.0995. The first-order chi connectivity index (χ1) is 8.70. The lowest BCUT2D eigenvalue weighted by Gasteiger charge is -2.19. The number of hydrazine groups is 1. The average Bonchev–Trinajstić information content (AvgIpc) is 2.87. The topological polar surface area (TPSA) is 47.3 Å². The summed E-state index contributed by atoms with van der Waals surface area (Å²) in [5.41, 5.74) is 4.41. The zero-order valence-corrected chi connectivity index (χ0v) is 10.8. The fraction of sp³-hybridized carbons (Fsp3) is 0.571. The van der Waals surface area contributed by atoms with Gasteiger partial charge in [0.15, 0.2) is 0 Å². The first-order valence-corrected chi connectivity index (χ1v) is 6.54. The number of rotatable bonds is 5. The van der Waals surface area contributed by atoms with Gasteiger partial charge in [0.2, 0.25) is 0 Å². The number of nitrogens with two attached hydrogens (primary N) is 1. The van der Waals surface area contributed by atoms with Crippen molar-refractivity contribution in [1.29, 1.82) is 0 Å². The Morgan fingerprint density at radius 2 is 2.39 bits per heavy atom. The summed E-state index contributed by atoms with van der Waals surface area (Å²) in [5.74, 6) is 5.35. The highest BCUT2D eigenvalue weighted by Gasteiger charge is 2.20. The summed E-state index contributed by atoms with van der Waals surface area (Å²) in [6.45, 7) is 2.81. The van der Waals surface area contributed by atoms with E-state index >= 15 is 0 Å². The van der Waals surface area contributed by atoms with Gasteiger partial charge in [-0.05, 0) is 38.7 Å². The molecule has 1 aliphatic heterocycles. The summed E-state index contributed by atoms with van der Waals surface area (Å²) in [4.78, 5) is 0. The standard InChI is InChI=1S/C14H21FN2O/c1-10-4-6-13(15)12(9-10)14(17-16)7-5-11-3-2-8-18-11/h4,6,9,11,14,17H,2-3,5,7-8,16H2,1H3. The number of hydrogen-bond donors (Lipinski definition) is 2. The summed E-state index contributed by atoms with van der Waals surface area (Å²) in [6.07, 6.45) is 4.26. The lowest BCUT2D eigenvalue weighted by atomic mass is 9.98. The normalized spacial score (nSPS) is 21.2. The molecule has 2 rings (SSSR count). The molecule has 0 amide bonds. The lowest BCUT2D eigenvalue weighted by Crippen LogP contribution is -2.29. The van der Waals surface area contributed by atoms with Crippen molar-refractivity contribution in [2.45, 2.75) is 44.8 Å². The monoisotopic (exact) mass is 252 g/mol. The van der Waals surface area contributed by atoms with Gasteiger partial charge in [0.25, 0.3) is 0 Å². The predicted molar refractivity (Wildman–Crippen MR) is 69.4 cm³/mol. The molecule has 0 radical (unpaired) electrons. The van der Waals surface area contributed by atoms with Crippen molar-refractivity contribution < 1.29 is 9.13 Å². The third-order valence-corrected chi connectivity index (χ3v) is 3.53. The molecule has 0 bridgehead atoms. The minimum atomic E-state index is -0.198. The Labute approximate surface area is 107 Å². The summed E-state index contributed by atoms with van der Waals surface area (Å²) in [6, 6.07) is 4.98. The minimum absolute atomic E-state index is 0.144. The first kappa shape index (κ1) is 13.5. The maximum Gasteiger partial charge on any atom is 0.128 e. The molecule has 1 aromatic rings. The molecular weight excluding hydrogens is 231 g/mol. The van der Waals surface area contributed by atoms with Crippen LogP contribution in [0.4, 0.5) is 4.39 Å². The van der Waals surface area contributed by atoms with Gasteiger partial charge in [-0.3, -0.25) is 11.3 Å². The van der Waals surface area contributed by atoms with Crippen LogP contribution < -0.4 is 11.3 Å². The molecule has 0 saturated carbocycles. The van der Waals surface area contributed by atoms with Crippen LogP contribution in [0.2, 0.25) is 0 Å². The van der Waals surface area contributed by atoms with Crippen molar-refractivity contribution in [3.8, 4) is 0 Å². The molecule has 2 atom stereocenters. The average molecular weight is 252 g/mol. The molecule has 3 N–H and O–H groups in total. The number of nitrogens with one attached hydrogen (secondary N) is 1. The highest BCUT2D eigenvalue weighted by atomic mass is 19.1. The molecule has 1 aliphatic rings. The molecule has 1 fully saturated rings. The summed E-state index contributed by atoms with van der Waals surface area (Å²) < 4.78 is 19.4. The summed E-state index contributed by atoms with van der Waals surface area (Å²) in [5, 5.41) is 0. The second-order valence-electron chi connectivity index (χ2n) is 4.96. The van der Waals surface area contributed by atoms with Gasteiger partial charge >= 0.3 is 0 Å². The highest BCUT2D eigenvalue weighted by molar-refractivity contribution is 5.26. The van der Waals surface area contributed by atoms with Gasteiger partial charge in [-0.2, -0.15) is 0 Å². The van der Waals surface area contributed by atoms with E-state index in [1.807, 2.05) is 13.0 Å². The van der Waals surface area contributed by atoms with Crippen molar-refractivity contribution in [1.82, 2.24) is 5.43 Å². The van der Waals surface area contributed by atoms with Crippen molar-refractivity contribution >= 4 is 0 Å². The van der Waals surface area contributed by atoms with E-state index in [4.69, 9.17) is 10.6 Å². The number of ether oxygens (including phenoxy) is 1. The molecule has 0 aliphatic carbocycles. The smallest absolute Gasteiger partial charge is 0.128 e. The van der Waals surface area contributed by atoms with Crippen LogP contribution in [0, 0.1) is 12.7 Å². The Morgan fingerprint density at radius 3 is 3.06 bits per heavy atom. The molecule has 0 aromatic heterocycles. The van der Waals surface area contributed by atoms with Crippen molar-refractivity contribution in [2.75, 3.05) is 6.61 Å². The van der Waals surface area contributed by atoms with Crippen LogP contribution in [0.25, 0.3) is 0 Å². The van der Waals surface area contributed by atoms with Crippen molar-refractivity contribution in [2.24, 2.45) is 5.84 Å². The third-order valence-electron chi connectivity index (χ3n) is 3.53. The van der Waals surface area contributed by atoms with Crippen LogP contribution in [-0.4, -0.2) is 12.7 Å². The third kappa shape index (κ3) is 3.28. The molecule has 3 nitrogen and oxygen atoms in total. The van der Waals surface area contributed by atoms with Gasteiger partial charge in [0.05, 0.1) is 6.10 Å². The predicted octanol–water partition coefficient (Wildman–Crippen LogP) is 2.60. The fourth-order valence-electron chi connectivity index (χ4n) is 2.48. The van der Waals surface area contributed by atoms with E-state index in [0.717, 1.165) is 37.9 Å². The van der Waals surface area contributed by atoms with Gasteiger partial charge in [-0.25, -0.2) is 4.39 Å². The maximum absolute atomic E-state index is 13.8. The number of aryl methyl sites for hydroxylation is 1. The van der Waals surface area contributed by atoms with E-state index in [9.17, 15) is 4.39 Å².